The Hall–Kier alpha value is -3.92. The maximum Gasteiger partial charge on any atom is 0.337 e. The van der Waals surface area contributed by atoms with Crippen molar-refractivity contribution >= 4 is 12.0 Å². The number of nitrogens with zero attached hydrogens (tertiary/aromatic N) is 2. The minimum atomic E-state index is -0.456. The highest BCUT2D eigenvalue weighted by Gasteiger charge is 2.15. The molecule has 142 valence electrons. The molecular weight excluding hydrogens is 360 g/mol. The number of carbonyl (C=O) groups is 1. The van der Waals surface area contributed by atoms with Gasteiger partial charge in [0, 0.05) is 17.7 Å². The molecule has 4 rings (SSSR count). The lowest BCUT2D eigenvalue weighted by Gasteiger charge is -2.07. The Morgan fingerprint density at radius 2 is 1.62 bits per heavy atom. The predicted octanol–water partition coefficient (Wildman–Crippen LogP) is 5.47. The third-order valence-corrected chi connectivity index (χ3v) is 4.41. The molecule has 0 spiro atoms. The third-order valence-electron chi connectivity index (χ3n) is 4.41. The average Bonchev–Trinajstić information content (AvgIpc) is 3.17. The van der Waals surface area contributed by atoms with Crippen molar-refractivity contribution in [2.45, 2.75) is 6.92 Å². The summed E-state index contributed by atoms with van der Waals surface area (Å²) in [6, 6.07) is 29.1. The number of aromatic nitrogens is 2. The maximum atomic E-state index is 12.4. The lowest BCUT2D eigenvalue weighted by Crippen LogP contribution is -2.08. The van der Waals surface area contributed by atoms with Crippen molar-refractivity contribution < 1.29 is 9.53 Å². The molecule has 0 saturated carbocycles. The first kappa shape index (κ1) is 18.4. The van der Waals surface area contributed by atoms with E-state index in [1.54, 1.807) is 16.8 Å². The second-order valence-corrected chi connectivity index (χ2v) is 6.65. The van der Waals surface area contributed by atoms with E-state index in [4.69, 9.17) is 4.74 Å². The van der Waals surface area contributed by atoms with Gasteiger partial charge in [0.1, 0.15) is 0 Å². The minimum Gasteiger partial charge on any atom is -0.404 e. The van der Waals surface area contributed by atoms with Crippen LogP contribution in [0.2, 0.25) is 0 Å². The van der Waals surface area contributed by atoms with Gasteiger partial charge < -0.3 is 4.74 Å². The van der Waals surface area contributed by atoms with E-state index in [-0.39, 0.29) is 0 Å². The molecule has 0 aliphatic rings. The summed E-state index contributed by atoms with van der Waals surface area (Å²) in [5.74, 6) is -0.0839. The zero-order valence-corrected chi connectivity index (χ0v) is 16.0. The largest absolute Gasteiger partial charge is 0.404 e. The van der Waals surface area contributed by atoms with Crippen LogP contribution in [0.3, 0.4) is 0 Å². The van der Waals surface area contributed by atoms with Gasteiger partial charge in [0.15, 0.2) is 0 Å². The summed E-state index contributed by atoms with van der Waals surface area (Å²) in [6.45, 7) is 2.01. The number of carbonyl (C=O) groups excluding carboxylic acids is 1. The summed E-state index contributed by atoms with van der Waals surface area (Å²) >= 11 is 0. The molecule has 4 nitrogen and oxygen atoms in total. The van der Waals surface area contributed by atoms with Crippen LogP contribution in [0, 0.1) is 6.92 Å². The summed E-state index contributed by atoms with van der Waals surface area (Å²) in [6.07, 6.45) is 3.15. The number of hydrogen-bond donors (Lipinski definition) is 0. The number of benzene rings is 3. The Bertz CT molecular complexity index is 1150. The highest BCUT2D eigenvalue weighted by Crippen LogP contribution is 2.26. The fourth-order valence-electron chi connectivity index (χ4n) is 3.00. The van der Waals surface area contributed by atoms with Crippen LogP contribution in [0.4, 0.5) is 0 Å². The number of ether oxygens (including phenoxy) is 1. The van der Waals surface area contributed by atoms with E-state index in [1.165, 1.54) is 6.08 Å². The number of esters is 1. The van der Waals surface area contributed by atoms with Crippen LogP contribution in [-0.2, 0) is 4.79 Å². The highest BCUT2D eigenvalue weighted by atomic mass is 16.5. The Morgan fingerprint density at radius 1 is 0.897 bits per heavy atom. The Morgan fingerprint density at radius 3 is 2.34 bits per heavy atom. The van der Waals surface area contributed by atoms with Crippen LogP contribution in [0.15, 0.2) is 97.1 Å². The molecule has 0 radical (unpaired) electrons. The number of rotatable bonds is 5. The van der Waals surface area contributed by atoms with E-state index in [1.807, 2.05) is 91.9 Å². The second-order valence-electron chi connectivity index (χ2n) is 6.65. The van der Waals surface area contributed by atoms with E-state index in [0.29, 0.717) is 5.88 Å². The van der Waals surface area contributed by atoms with Gasteiger partial charge in [-0.15, -0.1) is 0 Å². The van der Waals surface area contributed by atoms with E-state index < -0.39 is 5.97 Å². The van der Waals surface area contributed by atoms with Crippen molar-refractivity contribution in [2.24, 2.45) is 0 Å². The Balaban J connectivity index is 1.66. The van der Waals surface area contributed by atoms with Gasteiger partial charge in [0.05, 0.1) is 11.4 Å². The molecular formula is C25H20N2O2. The molecule has 0 fully saturated rings. The standard InChI is InChI=1S/C25H20N2O2/c1-19-9-8-14-22(17-19)27-24(18-23(26-27)21-12-6-3-7-13-21)29-25(28)16-15-20-10-4-2-5-11-20/h2-18H,1H3/b16-15+. The Kier molecular flexibility index (Phi) is 5.34. The second kappa shape index (κ2) is 8.40. The molecule has 0 saturated heterocycles. The first-order chi connectivity index (χ1) is 14.2. The van der Waals surface area contributed by atoms with Crippen LogP contribution in [0.1, 0.15) is 11.1 Å². The average molecular weight is 380 g/mol. The zero-order chi connectivity index (χ0) is 20.1. The summed E-state index contributed by atoms with van der Waals surface area (Å²) < 4.78 is 7.29. The van der Waals surface area contributed by atoms with Gasteiger partial charge in [-0.1, -0.05) is 72.8 Å². The molecule has 0 unspecified atom stereocenters. The van der Waals surface area contributed by atoms with Crippen molar-refractivity contribution in [3.63, 3.8) is 0 Å². The monoisotopic (exact) mass is 380 g/mol. The number of hydrogen-bond acceptors (Lipinski definition) is 3. The van der Waals surface area contributed by atoms with E-state index in [2.05, 4.69) is 5.10 Å². The first-order valence-corrected chi connectivity index (χ1v) is 9.36. The molecule has 3 aromatic carbocycles. The van der Waals surface area contributed by atoms with Crippen molar-refractivity contribution in [3.05, 3.63) is 108 Å². The Labute approximate surface area is 169 Å². The molecule has 4 aromatic rings. The SMILES string of the molecule is Cc1cccc(-n2nc(-c3ccccc3)cc2OC(=O)/C=C/c2ccccc2)c1. The maximum absolute atomic E-state index is 12.4. The van der Waals surface area contributed by atoms with Crippen molar-refractivity contribution in [3.8, 4) is 22.8 Å². The van der Waals surface area contributed by atoms with Crippen LogP contribution in [-0.4, -0.2) is 15.7 Å². The third kappa shape index (κ3) is 4.50. The van der Waals surface area contributed by atoms with Gasteiger partial charge in [-0.05, 0) is 36.3 Å². The summed E-state index contributed by atoms with van der Waals surface area (Å²) in [5, 5.41) is 4.68. The fraction of sp³-hybridized carbons (Fsp3) is 0.0400. The van der Waals surface area contributed by atoms with Crippen molar-refractivity contribution in [2.75, 3.05) is 0 Å². The lowest BCUT2D eigenvalue weighted by molar-refractivity contribution is -0.129. The molecule has 0 aliphatic heterocycles. The smallest absolute Gasteiger partial charge is 0.337 e. The van der Waals surface area contributed by atoms with E-state index in [9.17, 15) is 4.79 Å². The van der Waals surface area contributed by atoms with Gasteiger partial charge in [0.2, 0.25) is 5.88 Å². The molecule has 0 aliphatic carbocycles. The van der Waals surface area contributed by atoms with Crippen LogP contribution < -0.4 is 4.74 Å². The van der Waals surface area contributed by atoms with Crippen LogP contribution >= 0.6 is 0 Å². The van der Waals surface area contributed by atoms with Crippen molar-refractivity contribution in [1.29, 1.82) is 0 Å². The summed E-state index contributed by atoms with van der Waals surface area (Å²) in [4.78, 5) is 12.4. The first-order valence-electron chi connectivity index (χ1n) is 9.36. The predicted molar refractivity (Wildman–Crippen MR) is 115 cm³/mol. The topological polar surface area (TPSA) is 44.1 Å². The molecule has 0 N–H and O–H groups in total. The molecule has 4 heteroatoms. The van der Waals surface area contributed by atoms with Gasteiger partial charge in [0.25, 0.3) is 0 Å². The van der Waals surface area contributed by atoms with Gasteiger partial charge >= 0.3 is 5.97 Å². The fourth-order valence-corrected chi connectivity index (χ4v) is 3.00. The molecule has 0 bridgehead atoms. The van der Waals surface area contributed by atoms with Gasteiger partial charge in [-0.3, -0.25) is 0 Å². The lowest BCUT2D eigenvalue weighted by atomic mass is 10.2. The molecule has 0 amide bonds. The highest BCUT2D eigenvalue weighted by molar-refractivity contribution is 5.88. The van der Waals surface area contributed by atoms with Crippen LogP contribution in [0.5, 0.6) is 5.88 Å². The van der Waals surface area contributed by atoms with Gasteiger partial charge in [-0.2, -0.15) is 9.78 Å². The van der Waals surface area contributed by atoms with E-state index >= 15 is 0 Å². The molecule has 29 heavy (non-hydrogen) atoms. The summed E-state index contributed by atoms with van der Waals surface area (Å²) in [5.41, 5.74) is 4.56. The van der Waals surface area contributed by atoms with E-state index in [0.717, 1.165) is 28.1 Å². The molecule has 1 aromatic heterocycles. The van der Waals surface area contributed by atoms with Crippen molar-refractivity contribution in [1.82, 2.24) is 9.78 Å². The minimum absolute atomic E-state index is 0.372. The number of aryl methyl sites for hydroxylation is 1. The normalized spacial score (nSPS) is 10.9. The summed E-state index contributed by atoms with van der Waals surface area (Å²) in [7, 11) is 0. The quantitative estimate of drug-likeness (QED) is 0.341. The van der Waals surface area contributed by atoms with Crippen LogP contribution in [0.25, 0.3) is 23.0 Å². The molecule has 0 atom stereocenters. The molecule has 1 heterocycles. The van der Waals surface area contributed by atoms with Gasteiger partial charge in [-0.25, -0.2) is 4.79 Å². The zero-order valence-electron chi connectivity index (χ0n) is 16.0.